The van der Waals surface area contributed by atoms with E-state index < -0.39 is 5.97 Å². The zero-order valence-corrected chi connectivity index (χ0v) is 17.2. The fourth-order valence-corrected chi connectivity index (χ4v) is 3.46. The van der Waals surface area contributed by atoms with Crippen LogP contribution in [0.5, 0.6) is 0 Å². The van der Waals surface area contributed by atoms with Crippen LogP contribution in [0, 0.1) is 0 Å². The first-order chi connectivity index (χ1) is 15.6. The molecular formula is C21H15N6O4S-. The molecule has 0 atom stereocenters. The lowest BCUT2D eigenvalue weighted by molar-refractivity contribution is -0.254. The molecule has 32 heavy (non-hydrogen) atoms. The molecule has 0 aliphatic carbocycles. The number of carboxylic acids is 1. The summed E-state index contributed by atoms with van der Waals surface area (Å²) in [4.78, 5) is 23.4. The fraction of sp³-hybridized carbons (Fsp3) is 0.0476. The maximum absolute atomic E-state index is 12.1. The van der Waals surface area contributed by atoms with Gasteiger partial charge in [0.15, 0.2) is 0 Å². The standard InChI is InChI=1S/C21H16N6O4S/c28-19(13-32-21-24-25-26-27(21)14-6-2-1-3-7-14)23-22-12-15-10-11-18(31-15)16-8-4-5-9-17(16)20(29)30/h1-12H,13H2,(H,23,28)(H,29,30)/p-1/b22-12-. The molecule has 0 spiro atoms. The highest BCUT2D eigenvalue weighted by Gasteiger charge is 2.12. The van der Waals surface area contributed by atoms with Gasteiger partial charge in [-0.05, 0) is 34.7 Å². The highest BCUT2D eigenvalue weighted by Crippen LogP contribution is 2.25. The lowest BCUT2D eigenvalue weighted by Crippen LogP contribution is -2.22. The van der Waals surface area contributed by atoms with Gasteiger partial charge in [0.2, 0.25) is 5.16 Å². The molecule has 1 N–H and O–H groups in total. The Kier molecular flexibility index (Phi) is 6.37. The monoisotopic (exact) mass is 447 g/mol. The van der Waals surface area contributed by atoms with Crippen molar-refractivity contribution in [1.29, 1.82) is 0 Å². The Labute approximate surface area is 185 Å². The number of rotatable bonds is 8. The van der Waals surface area contributed by atoms with Crippen LogP contribution >= 0.6 is 11.8 Å². The Bertz CT molecular complexity index is 1270. The van der Waals surface area contributed by atoms with E-state index in [0.717, 1.165) is 17.4 Å². The number of carbonyl (C=O) groups excluding carboxylic acids is 2. The van der Waals surface area contributed by atoms with Crippen LogP contribution in [0.4, 0.5) is 0 Å². The van der Waals surface area contributed by atoms with Gasteiger partial charge in [0.05, 0.1) is 23.6 Å². The fourth-order valence-electron chi connectivity index (χ4n) is 2.77. The number of benzene rings is 2. The Morgan fingerprint density at radius 1 is 1.09 bits per heavy atom. The Morgan fingerprint density at radius 2 is 1.88 bits per heavy atom. The first-order valence-corrected chi connectivity index (χ1v) is 10.3. The molecule has 2 heterocycles. The van der Waals surface area contributed by atoms with Gasteiger partial charge in [0, 0.05) is 11.1 Å². The minimum absolute atomic E-state index is 0.0218. The summed E-state index contributed by atoms with van der Waals surface area (Å²) < 4.78 is 7.14. The number of aromatic carboxylic acids is 1. The van der Waals surface area contributed by atoms with Crippen molar-refractivity contribution in [3.8, 4) is 17.0 Å². The van der Waals surface area contributed by atoms with Crippen LogP contribution in [0.15, 0.2) is 81.4 Å². The largest absolute Gasteiger partial charge is 0.545 e. The van der Waals surface area contributed by atoms with Crippen molar-refractivity contribution < 1.29 is 19.1 Å². The van der Waals surface area contributed by atoms with Gasteiger partial charge in [-0.25, -0.2) is 5.43 Å². The predicted molar refractivity (Wildman–Crippen MR) is 114 cm³/mol. The number of amides is 1. The number of para-hydroxylation sites is 1. The number of aromatic nitrogens is 4. The molecule has 0 aliphatic rings. The number of thioether (sulfide) groups is 1. The van der Waals surface area contributed by atoms with Crippen molar-refractivity contribution in [2.75, 3.05) is 5.75 Å². The van der Waals surface area contributed by atoms with Crippen LogP contribution in [-0.2, 0) is 4.79 Å². The molecule has 2 aromatic heterocycles. The molecule has 11 heteroatoms. The summed E-state index contributed by atoms with van der Waals surface area (Å²) in [7, 11) is 0. The van der Waals surface area contributed by atoms with E-state index >= 15 is 0 Å². The second kappa shape index (κ2) is 9.71. The van der Waals surface area contributed by atoms with Gasteiger partial charge in [-0.15, -0.1) is 5.10 Å². The minimum Gasteiger partial charge on any atom is -0.545 e. The summed E-state index contributed by atoms with van der Waals surface area (Å²) in [6.07, 6.45) is 1.32. The van der Waals surface area contributed by atoms with Crippen LogP contribution in [0.3, 0.4) is 0 Å². The topological polar surface area (TPSA) is 138 Å². The zero-order valence-electron chi connectivity index (χ0n) is 16.4. The molecule has 4 rings (SSSR count). The first kappa shape index (κ1) is 21.0. The molecule has 2 aromatic carbocycles. The average Bonchev–Trinajstić information content (AvgIpc) is 3.48. The van der Waals surface area contributed by atoms with Crippen LogP contribution in [0.1, 0.15) is 16.1 Å². The van der Waals surface area contributed by atoms with Crippen LogP contribution in [0.25, 0.3) is 17.0 Å². The minimum atomic E-state index is -1.30. The molecule has 0 saturated heterocycles. The Hall–Kier alpha value is -4.25. The molecule has 0 aliphatic heterocycles. The van der Waals surface area contributed by atoms with E-state index in [9.17, 15) is 14.7 Å². The summed E-state index contributed by atoms with van der Waals surface area (Å²) in [6.45, 7) is 0. The van der Waals surface area contributed by atoms with Gasteiger partial charge in [-0.2, -0.15) is 9.78 Å². The average molecular weight is 447 g/mol. The van der Waals surface area contributed by atoms with E-state index in [0.29, 0.717) is 22.2 Å². The lowest BCUT2D eigenvalue weighted by atomic mass is 10.1. The predicted octanol–water partition coefficient (Wildman–Crippen LogP) is 1.53. The van der Waals surface area contributed by atoms with Crippen LogP contribution in [0.2, 0.25) is 0 Å². The third-order valence-electron chi connectivity index (χ3n) is 4.19. The molecule has 10 nitrogen and oxygen atoms in total. The molecule has 0 bridgehead atoms. The van der Waals surface area contributed by atoms with Crippen molar-refractivity contribution in [1.82, 2.24) is 25.6 Å². The number of carboxylic acid groups (broad SMARTS) is 1. The van der Waals surface area contributed by atoms with Crippen LogP contribution in [-0.4, -0.2) is 44.1 Å². The Morgan fingerprint density at radius 3 is 2.69 bits per heavy atom. The SMILES string of the molecule is O=C(CSc1nnnn1-c1ccccc1)N/N=C\c1ccc(-c2ccccc2C(=O)[O-])o1. The van der Waals surface area contributed by atoms with Gasteiger partial charge in [-0.1, -0.05) is 54.2 Å². The number of hydrogen-bond donors (Lipinski definition) is 1. The molecule has 0 fully saturated rings. The molecule has 0 saturated carbocycles. The maximum Gasteiger partial charge on any atom is 0.250 e. The number of furan rings is 1. The second-order valence-corrected chi connectivity index (χ2v) is 7.27. The highest BCUT2D eigenvalue weighted by molar-refractivity contribution is 7.99. The third kappa shape index (κ3) is 4.90. The summed E-state index contributed by atoms with van der Waals surface area (Å²) in [5.41, 5.74) is 3.60. The normalized spacial score (nSPS) is 11.0. The van der Waals surface area contributed by atoms with Crippen molar-refractivity contribution in [3.05, 3.63) is 78.1 Å². The number of carbonyl (C=O) groups is 2. The Balaban J connectivity index is 1.34. The summed E-state index contributed by atoms with van der Waals surface area (Å²) in [6, 6.07) is 18.9. The number of hydrazone groups is 1. The number of hydrogen-bond acceptors (Lipinski definition) is 9. The first-order valence-electron chi connectivity index (χ1n) is 9.31. The smallest absolute Gasteiger partial charge is 0.250 e. The van der Waals surface area contributed by atoms with Crippen molar-refractivity contribution in [2.45, 2.75) is 5.16 Å². The van der Waals surface area contributed by atoms with Gasteiger partial charge < -0.3 is 14.3 Å². The summed E-state index contributed by atoms with van der Waals surface area (Å²) in [5, 5.41) is 27.1. The van der Waals surface area contributed by atoms with E-state index in [-0.39, 0.29) is 17.2 Å². The van der Waals surface area contributed by atoms with Crippen molar-refractivity contribution in [3.63, 3.8) is 0 Å². The van der Waals surface area contributed by atoms with E-state index in [1.807, 2.05) is 30.3 Å². The van der Waals surface area contributed by atoms with E-state index in [2.05, 4.69) is 26.1 Å². The zero-order chi connectivity index (χ0) is 22.3. The summed E-state index contributed by atoms with van der Waals surface area (Å²) in [5.74, 6) is -0.916. The molecule has 1 amide bonds. The van der Waals surface area contributed by atoms with Gasteiger partial charge in [-0.3, -0.25) is 4.79 Å². The van der Waals surface area contributed by atoms with E-state index in [1.54, 1.807) is 30.3 Å². The van der Waals surface area contributed by atoms with Crippen molar-refractivity contribution in [2.24, 2.45) is 5.10 Å². The summed E-state index contributed by atoms with van der Waals surface area (Å²) >= 11 is 1.16. The van der Waals surface area contributed by atoms with Crippen LogP contribution < -0.4 is 10.5 Å². The number of tetrazole rings is 1. The van der Waals surface area contributed by atoms with Gasteiger partial charge in [0.1, 0.15) is 11.5 Å². The molecule has 160 valence electrons. The second-order valence-electron chi connectivity index (χ2n) is 6.33. The molecule has 0 radical (unpaired) electrons. The molecule has 0 unspecified atom stereocenters. The lowest BCUT2D eigenvalue weighted by Gasteiger charge is -2.07. The van der Waals surface area contributed by atoms with Gasteiger partial charge in [0.25, 0.3) is 5.91 Å². The van der Waals surface area contributed by atoms with E-state index in [1.165, 1.54) is 17.0 Å². The molecule has 4 aromatic rings. The third-order valence-corrected chi connectivity index (χ3v) is 5.11. The van der Waals surface area contributed by atoms with E-state index in [4.69, 9.17) is 4.42 Å². The van der Waals surface area contributed by atoms with Gasteiger partial charge >= 0.3 is 0 Å². The molecular weight excluding hydrogens is 432 g/mol. The number of nitrogens with one attached hydrogen (secondary N) is 1. The quantitative estimate of drug-likeness (QED) is 0.244. The van der Waals surface area contributed by atoms with Crippen molar-refractivity contribution >= 4 is 29.9 Å². The number of nitrogens with zero attached hydrogens (tertiary/aromatic N) is 5. The maximum atomic E-state index is 12.1. The highest BCUT2D eigenvalue weighted by atomic mass is 32.2.